The van der Waals surface area contributed by atoms with Crippen LogP contribution in [0.4, 0.5) is 4.39 Å². The van der Waals surface area contributed by atoms with Gasteiger partial charge in [0.1, 0.15) is 5.82 Å². The highest BCUT2D eigenvalue weighted by molar-refractivity contribution is 5.93. The minimum Gasteiger partial charge on any atom is -0.465 e. The third-order valence-corrected chi connectivity index (χ3v) is 6.00. The summed E-state index contributed by atoms with van der Waals surface area (Å²) in [5.74, 6) is 0.464. The Morgan fingerprint density at radius 3 is 2.83 bits per heavy atom. The van der Waals surface area contributed by atoms with E-state index in [1.807, 2.05) is 4.57 Å². The van der Waals surface area contributed by atoms with Gasteiger partial charge in [-0.1, -0.05) is 6.08 Å². The van der Waals surface area contributed by atoms with Gasteiger partial charge in [-0.3, -0.25) is 0 Å². The van der Waals surface area contributed by atoms with Gasteiger partial charge in [0.15, 0.2) is 12.6 Å². The van der Waals surface area contributed by atoms with Crippen LogP contribution in [0.1, 0.15) is 48.2 Å². The maximum absolute atomic E-state index is 13.9. The maximum Gasteiger partial charge on any atom is 0.337 e. The van der Waals surface area contributed by atoms with Crippen LogP contribution in [0.25, 0.3) is 16.6 Å². The fraction of sp³-hybridized carbons (Fsp3) is 0.440. The second-order valence-electron chi connectivity index (χ2n) is 8.65. The highest BCUT2D eigenvalue weighted by atomic mass is 19.1. The summed E-state index contributed by atoms with van der Waals surface area (Å²) in [6, 6.07) is 5.26. The van der Waals surface area contributed by atoms with Gasteiger partial charge in [0.05, 0.1) is 42.6 Å². The molecule has 2 heterocycles. The van der Waals surface area contributed by atoms with Crippen LogP contribution in [0.3, 0.4) is 0 Å². The van der Waals surface area contributed by atoms with E-state index in [0.717, 1.165) is 47.9 Å². The van der Waals surface area contributed by atoms with E-state index in [4.69, 9.17) is 19.2 Å². The van der Waals surface area contributed by atoms with Crippen molar-refractivity contribution in [3.8, 4) is 5.88 Å². The van der Waals surface area contributed by atoms with Crippen LogP contribution >= 0.6 is 0 Å². The molecule has 0 fully saturated rings. The predicted octanol–water partition coefficient (Wildman–Crippen LogP) is 3.54. The van der Waals surface area contributed by atoms with Gasteiger partial charge in [0.2, 0.25) is 5.82 Å². The normalized spacial score (nSPS) is 16.7. The zero-order valence-corrected chi connectivity index (χ0v) is 20.0. The zero-order valence-electron chi connectivity index (χ0n) is 20.0. The number of carbonyl (C=O) groups is 1. The number of nitrogens with zero attached hydrogens (tertiary/aromatic N) is 4. The highest BCUT2D eigenvalue weighted by Gasteiger charge is 2.22. The van der Waals surface area contributed by atoms with Gasteiger partial charge in [-0.05, 0) is 55.9 Å². The Labute approximate surface area is 202 Å². The fourth-order valence-electron chi connectivity index (χ4n) is 4.30. The summed E-state index contributed by atoms with van der Waals surface area (Å²) >= 11 is 0. The maximum atomic E-state index is 13.9. The SMILES string of the molecule is COCOc1nc(C2=CCC(Cc3nc4ccc(C(=O)OC)cc4n3CC(C)O)CC2)ncc1F. The van der Waals surface area contributed by atoms with Crippen molar-refractivity contribution in [2.45, 2.75) is 45.3 Å². The number of benzene rings is 1. The van der Waals surface area contributed by atoms with E-state index in [0.29, 0.717) is 30.3 Å². The summed E-state index contributed by atoms with van der Waals surface area (Å²) in [4.78, 5) is 25.1. The number of fused-ring (bicyclic) bond motifs is 1. The Bertz CT molecular complexity index is 1240. The minimum absolute atomic E-state index is 0.0942. The van der Waals surface area contributed by atoms with Crippen molar-refractivity contribution in [2.24, 2.45) is 5.92 Å². The lowest BCUT2D eigenvalue weighted by Crippen LogP contribution is -2.18. The molecular weight excluding hydrogens is 455 g/mol. The van der Waals surface area contributed by atoms with Crippen molar-refractivity contribution in [2.75, 3.05) is 21.0 Å². The van der Waals surface area contributed by atoms with Gasteiger partial charge >= 0.3 is 5.97 Å². The molecule has 0 bridgehead atoms. The van der Waals surface area contributed by atoms with Gasteiger partial charge in [-0.2, -0.15) is 9.37 Å². The number of rotatable bonds is 9. The molecule has 2 unspecified atom stereocenters. The monoisotopic (exact) mass is 484 g/mol. The van der Waals surface area contributed by atoms with Gasteiger partial charge in [0.25, 0.3) is 5.88 Å². The van der Waals surface area contributed by atoms with Gasteiger partial charge < -0.3 is 23.9 Å². The molecule has 0 saturated heterocycles. The zero-order chi connectivity index (χ0) is 24.9. The van der Waals surface area contributed by atoms with Crippen LogP contribution in [-0.2, 0) is 22.4 Å². The summed E-state index contributed by atoms with van der Waals surface area (Å²) in [5, 5.41) is 10.1. The van der Waals surface area contributed by atoms with E-state index >= 15 is 0 Å². The lowest BCUT2D eigenvalue weighted by Gasteiger charge is -2.22. The molecule has 0 aliphatic heterocycles. The molecule has 35 heavy (non-hydrogen) atoms. The molecule has 0 spiro atoms. The molecule has 2 atom stereocenters. The van der Waals surface area contributed by atoms with Crippen molar-refractivity contribution in [3.63, 3.8) is 0 Å². The smallest absolute Gasteiger partial charge is 0.337 e. The van der Waals surface area contributed by atoms with Crippen LogP contribution < -0.4 is 4.74 Å². The number of esters is 1. The summed E-state index contributed by atoms with van der Waals surface area (Å²) in [7, 11) is 2.80. The summed E-state index contributed by atoms with van der Waals surface area (Å²) < 4.78 is 30.7. The van der Waals surface area contributed by atoms with Crippen LogP contribution in [0.5, 0.6) is 5.88 Å². The minimum atomic E-state index is -0.632. The number of methoxy groups -OCH3 is 2. The number of hydrogen-bond donors (Lipinski definition) is 1. The number of hydrogen-bond acceptors (Lipinski definition) is 8. The first-order valence-electron chi connectivity index (χ1n) is 11.5. The van der Waals surface area contributed by atoms with E-state index in [1.165, 1.54) is 14.2 Å². The lowest BCUT2D eigenvalue weighted by atomic mass is 9.87. The van der Waals surface area contributed by atoms with Gasteiger partial charge in [0, 0.05) is 13.5 Å². The molecule has 10 heteroatoms. The number of aromatic nitrogens is 4. The summed E-state index contributed by atoms with van der Waals surface area (Å²) in [6.45, 7) is 2.00. The second-order valence-corrected chi connectivity index (χ2v) is 8.65. The molecule has 3 aromatic rings. The van der Waals surface area contributed by atoms with Crippen molar-refractivity contribution in [1.29, 1.82) is 0 Å². The first kappa shape index (κ1) is 24.7. The van der Waals surface area contributed by atoms with Crippen LogP contribution in [0.15, 0.2) is 30.5 Å². The molecule has 0 saturated carbocycles. The Morgan fingerprint density at radius 2 is 2.14 bits per heavy atom. The highest BCUT2D eigenvalue weighted by Crippen LogP contribution is 2.32. The average Bonchev–Trinajstić information content (AvgIpc) is 3.19. The molecule has 1 N–H and O–H groups in total. The van der Waals surface area contributed by atoms with Crippen LogP contribution in [0.2, 0.25) is 0 Å². The van der Waals surface area contributed by atoms with Crippen molar-refractivity contribution in [1.82, 2.24) is 19.5 Å². The van der Waals surface area contributed by atoms with E-state index in [1.54, 1.807) is 25.1 Å². The molecule has 1 aliphatic rings. The van der Waals surface area contributed by atoms with Crippen LogP contribution in [-0.4, -0.2) is 57.7 Å². The molecule has 1 aliphatic carbocycles. The molecule has 4 rings (SSSR count). The topological polar surface area (TPSA) is 109 Å². The van der Waals surface area contributed by atoms with Crippen LogP contribution in [0, 0.1) is 11.7 Å². The Morgan fingerprint density at radius 1 is 1.31 bits per heavy atom. The lowest BCUT2D eigenvalue weighted by molar-refractivity contribution is 0.0445. The molecular formula is C25H29FN4O5. The van der Waals surface area contributed by atoms with Crippen molar-refractivity contribution >= 4 is 22.6 Å². The molecule has 9 nitrogen and oxygen atoms in total. The Balaban J connectivity index is 1.54. The standard InChI is InChI=1S/C25H29FN4O5/c1-15(31)13-30-21-11-18(25(32)34-3)8-9-20(21)28-22(30)10-16-4-6-17(7-5-16)23-27-12-19(26)24(29-23)35-14-33-2/h6,8-9,11-12,15-16,31H,4-5,7,10,13-14H2,1-3H3. The Kier molecular flexibility index (Phi) is 7.72. The van der Waals surface area contributed by atoms with Gasteiger partial charge in [-0.15, -0.1) is 0 Å². The molecule has 186 valence electrons. The third kappa shape index (κ3) is 5.66. The first-order chi connectivity index (χ1) is 16.9. The first-order valence-corrected chi connectivity index (χ1v) is 11.5. The number of halogens is 1. The van der Waals surface area contributed by atoms with E-state index in [2.05, 4.69) is 16.0 Å². The average molecular weight is 485 g/mol. The van der Waals surface area contributed by atoms with E-state index < -0.39 is 17.9 Å². The quantitative estimate of drug-likeness (QED) is 0.363. The molecule has 2 aromatic heterocycles. The van der Waals surface area contributed by atoms with E-state index in [-0.39, 0.29) is 12.7 Å². The molecule has 0 amide bonds. The largest absolute Gasteiger partial charge is 0.465 e. The predicted molar refractivity (Wildman–Crippen MR) is 126 cm³/mol. The number of allylic oxidation sites excluding steroid dienone is 2. The summed E-state index contributed by atoms with van der Waals surface area (Å²) in [5.41, 5.74) is 2.95. The molecule has 0 radical (unpaired) electrons. The summed E-state index contributed by atoms with van der Waals surface area (Å²) in [6.07, 6.45) is 5.74. The number of aliphatic hydroxyl groups excluding tert-OH is 1. The number of carbonyl (C=O) groups excluding carboxylic acids is 1. The third-order valence-electron chi connectivity index (χ3n) is 6.00. The van der Waals surface area contributed by atoms with E-state index in [9.17, 15) is 14.3 Å². The second kappa shape index (κ2) is 10.9. The molecule has 1 aromatic carbocycles. The number of aliphatic hydroxyl groups is 1. The van der Waals surface area contributed by atoms with Gasteiger partial charge in [-0.25, -0.2) is 14.8 Å². The fourth-order valence-corrected chi connectivity index (χ4v) is 4.30. The Hall–Kier alpha value is -3.37. The van der Waals surface area contributed by atoms with Crippen molar-refractivity contribution < 1.29 is 28.5 Å². The van der Waals surface area contributed by atoms with Crippen molar-refractivity contribution in [3.05, 3.63) is 53.5 Å². The number of ether oxygens (including phenoxy) is 3. The number of imidazole rings is 1.